The second kappa shape index (κ2) is 4.98. The third-order valence-corrected chi connectivity index (χ3v) is 2.69. The maximum Gasteiger partial charge on any atom is 0.275 e. The van der Waals surface area contributed by atoms with Crippen LogP contribution in [-0.2, 0) is 9.59 Å². The molecule has 19 heavy (non-hydrogen) atoms. The van der Waals surface area contributed by atoms with Crippen molar-refractivity contribution in [2.75, 3.05) is 12.0 Å². The lowest BCUT2D eigenvalue weighted by Crippen LogP contribution is -2.58. The Labute approximate surface area is 108 Å². The largest absolute Gasteiger partial charge is 0.316 e. The molecule has 0 bridgehead atoms. The molecule has 1 fully saturated rings. The van der Waals surface area contributed by atoms with Gasteiger partial charge in [0.1, 0.15) is 18.3 Å². The van der Waals surface area contributed by atoms with Gasteiger partial charge in [0.25, 0.3) is 5.91 Å². The van der Waals surface area contributed by atoms with E-state index in [1.54, 1.807) is 0 Å². The fraction of sp³-hybridized carbons (Fsp3) is 0.300. The smallest absolute Gasteiger partial charge is 0.275 e. The van der Waals surface area contributed by atoms with E-state index in [9.17, 15) is 14.4 Å². The maximum absolute atomic E-state index is 12.2. The number of nitrogens with one attached hydrogen (secondary N) is 2. The van der Waals surface area contributed by atoms with Crippen molar-refractivity contribution < 1.29 is 14.4 Å². The Kier molecular flexibility index (Phi) is 3.38. The first-order valence-corrected chi connectivity index (χ1v) is 5.46. The van der Waals surface area contributed by atoms with Crippen LogP contribution in [0.1, 0.15) is 17.4 Å². The summed E-state index contributed by atoms with van der Waals surface area (Å²) < 4.78 is 0. The Morgan fingerprint density at radius 1 is 1.53 bits per heavy atom. The summed E-state index contributed by atoms with van der Waals surface area (Å²) in [6, 6.07) is -0.749. The lowest BCUT2D eigenvalue weighted by atomic mass is 10.2. The predicted octanol–water partition coefficient (Wildman–Crippen LogP) is -1.75. The number of carbonyl (C=O) groups excluding carboxylic acids is 3. The minimum Gasteiger partial charge on any atom is -0.316 e. The summed E-state index contributed by atoms with van der Waals surface area (Å²) >= 11 is 0. The lowest BCUT2D eigenvalue weighted by molar-refractivity contribution is -0.138. The zero-order chi connectivity index (χ0) is 14.0. The molecule has 1 aliphatic heterocycles. The molecule has 2 heterocycles. The number of nitrogens with two attached hydrogens (primary N) is 1. The highest BCUT2D eigenvalue weighted by Gasteiger charge is 2.34. The maximum atomic E-state index is 12.2. The van der Waals surface area contributed by atoms with E-state index >= 15 is 0 Å². The SMILES string of the molecule is CC1C(=O)NC(=O)CN1C(=O)c1cncc(NN)n1. The van der Waals surface area contributed by atoms with Crippen molar-refractivity contribution in [2.24, 2.45) is 5.84 Å². The van der Waals surface area contributed by atoms with Gasteiger partial charge in [-0.15, -0.1) is 0 Å². The second-order valence-corrected chi connectivity index (χ2v) is 3.96. The van der Waals surface area contributed by atoms with E-state index in [1.165, 1.54) is 19.3 Å². The zero-order valence-corrected chi connectivity index (χ0v) is 10.1. The van der Waals surface area contributed by atoms with Gasteiger partial charge < -0.3 is 10.3 Å². The molecular formula is C10H12N6O3. The van der Waals surface area contributed by atoms with Gasteiger partial charge in [0.2, 0.25) is 11.8 Å². The molecule has 1 unspecified atom stereocenters. The molecule has 0 aliphatic carbocycles. The summed E-state index contributed by atoms with van der Waals surface area (Å²) in [6.07, 6.45) is 2.58. The van der Waals surface area contributed by atoms with Crippen LogP contribution in [0.2, 0.25) is 0 Å². The van der Waals surface area contributed by atoms with Crippen LogP contribution in [0.3, 0.4) is 0 Å². The standard InChI is InChI=1S/C10H12N6O3/c1-5-9(18)14-8(17)4-16(5)10(19)6-2-12-3-7(13-6)15-11/h2-3,5H,4,11H2,1H3,(H,13,15)(H,14,17,18). The van der Waals surface area contributed by atoms with Gasteiger partial charge in [-0.05, 0) is 6.92 Å². The Morgan fingerprint density at radius 2 is 2.26 bits per heavy atom. The van der Waals surface area contributed by atoms with Crippen LogP contribution in [0.15, 0.2) is 12.4 Å². The van der Waals surface area contributed by atoms with Crippen LogP contribution in [0.5, 0.6) is 0 Å². The summed E-state index contributed by atoms with van der Waals surface area (Å²) in [7, 11) is 0. The quantitative estimate of drug-likeness (QED) is 0.328. The molecule has 9 heteroatoms. The monoisotopic (exact) mass is 264 g/mol. The summed E-state index contributed by atoms with van der Waals surface area (Å²) in [5.41, 5.74) is 2.27. The molecule has 0 aromatic carbocycles. The lowest BCUT2D eigenvalue weighted by Gasteiger charge is -2.31. The zero-order valence-electron chi connectivity index (χ0n) is 10.1. The van der Waals surface area contributed by atoms with Crippen LogP contribution in [0.25, 0.3) is 0 Å². The molecule has 100 valence electrons. The molecular weight excluding hydrogens is 252 g/mol. The number of carbonyl (C=O) groups is 3. The highest BCUT2D eigenvalue weighted by molar-refractivity contribution is 6.06. The molecule has 1 atom stereocenters. The van der Waals surface area contributed by atoms with Crippen LogP contribution < -0.4 is 16.6 Å². The van der Waals surface area contributed by atoms with Gasteiger partial charge >= 0.3 is 0 Å². The molecule has 1 saturated heterocycles. The van der Waals surface area contributed by atoms with E-state index in [0.717, 1.165) is 4.90 Å². The number of hydrogen-bond acceptors (Lipinski definition) is 7. The molecule has 0 radical (unpaired) electrons. The van der Waals surface area contributed by atoms with Crippen LogP contribution in [0.4, 0.5) is 5.82 Å². The molecule has 3 amide bonds. The van der Waals surface area contributed by atoms with E-state index in [-0.39, 0.29) is 18.1 Å². The average molecular weight is 264 g/mol. The van der Waals surface area contributed by atoms with Crippen LogP contribution >= 0.6 is 0 Å². The molecule has 4 N–H and O–H groups in total. The molecule has 9 nitrogen and oxygen atoms in total. The predicted molar refractivity (Wildman–Crippen MR) is 63.5 cm³/mol. The first kappa shape index (κ1) is 12.9. The molecule has 1 aromatic heterocycles. The molecule has 1 aromatic rings. The summed E-state index contributed by atoms with van der Waals surface area (Å²) in [5.74, 6) is 3.78. The number of aromatic nitrogens is 2. The number of imide groups is 1. The highest BCUT2D eigenvalue weighted by atomic mass is 16.2. The topological polar surface area (TPSA) is 130 Å². The highest BCUT2D eigenvalue weighted by Crippen LogP contribution is 2.10. The van der Waals surface area contributed by atoms with E-state index in [4.69, 9.17) is 5.84 Å². The van der Waals surface area contributed by atoms with Crippen LogP contribution in [0, 0.1) is 0 Å². The third-order valence-electron chi connectivity index (χ3n) is 2.69. The number of anilines is 1. The van der Waals surface area contributed by atoms with E-state index < -0.39 is 23.8 Å². The van der Waals surface area contributed by atoms with Gasteiger partial charge in [0.05, 0.1) is 12.4 Å². The molecule has 1 aliphatic rings. The number of hydrazine groups is 1. The van der Waals surface area contributed by atoms with Crippen molar-refractivity contribution in [3.05, 3.63) is 18.1 Å². The summed E-state index contributed by atoms with van der Waals surface area (Å²) in [4.78, 5) is 43.8. The average Bonchev–Trinajstić information content (AvgIpc) is 2.42. The first-order chi connectivity index (χ1) is 9.02. The molecule has 0 spiro atoms. The van der Waals surface area contributed by atoms with Crippen molar-refractivity contribution in [3.63, 3.8) is 0 Å². The van der Waals surface area contributed by atoms with Crippen molar-refractivity contribution >= 4 is 23.5 Å². The minimum absolute atomic E-state index is 0.00444. The number of hydrogen-bond donors (Lipinski definition) is 3. The van der Waals surface area contributed by atoms with Crippen LogP contribution in [-0.4, -0.2) is 45.2 Å². The molecule has 0 saturated carbocycles. The normalized spacial score (nSPS) is 19.1. The van der Waals surface area contributed by atoms with Crippen molar-refractivity contribution in [2.45, 2.75) is 13.0 Å². The third kappa shape index (κ3) is 2.50. The Hall–Kier alpha value is -2.55. The fourth-order valence-electron chi connectivity index (χ4n) is 1.65. The summed E-state index contributed by atoms with van der Waals surface area (Å²) in [6.45, 7) is 1.33. The van der Waals surface area contributed by atoms with Crippen molar-refractivity contribution in [1.29, 1.82) is 0 Å². The number of rotatable bonds is 2. The van der Waals surface area contributed by atoms with Gasteiger partial charge in [-0.3, -0.25) is 24.7 Å². The minimum atomic E-state index is -0.749. The van der Waals surface area contributed by atoms with Gasteiger partial charge in [-0.2, -0.15) is 0 Å². The van der Waals surface area contributed by atoms with E-state index in [2.05, 4.69) is 20.7 Å². The number of piperazine rings is 1. The second-order valence-electron chi connectivity index (χ2n) is 3.96. The van der Waals surface area contributed by atoms with Gasteiger partial charge in [0.15, 0.2) is 5.82 Å². The number of nitrogens with zero attached hydrogens (tertiary/aromatic N) is 3. The number of nitrogen functional groups attached to an aromatic ring is 1. The van der Waals surface area contributed by atoms with E-state index in [0.29, 0.717) is 0 Å². The summed E-state index contributed by atoms with van der Waals surface area (Å²) in [5, 5.41) is 2.15. The van der Waals surface area contributed by atoms with Crippen molar-refractivity contribution in [1.82, 2.24) is 20.2 Å². The van der Waals surface area contributed by atoms with Gasteiger partial charge in [-0.1, -0.05) is 0 Å². The van der Waals surface area contributed by atoms with Crippen molar-refractivity contribution in [3.8, 4) is 0 Å². The number of amides is 3. The Balaban J connectivity index is 2.27. The fourth-order valence-corrected chi connectivity index (χ4v) is 1.65. The van der Waals surface area contributed by atoms with Gasteiger partial charge in [-0.25, -0.2) is 10.8 Å². The Morgan fingerprint density at radius 3 is 2.95 bits per heavy atom. The first-order valence-electron chi connectivity index (χ1n) is 5.46. The Bertz CT molecular complexity index is 546. The van der Waals surface area contributed by atoms with E-state index in [1.807, 2.05) is 0 Å². The molecule has 2 rings (SSSR count). The van der Waals surface area contributed by atoms with Gasteiger partial charge in [0, 0.05) is 0 Å².